The Labute approximate surface area is 82.1 Å². The van der Waals surface area contributed by atoms with Gasteiger partial charge in [-0.05, 0) is 36.9 Å². The van der Waals surface area contributed by atoms with Gasteiger partial charge in [0.05, 0.1) is 11.6 Å². The third kappa shape index (κ3) is 1.39. The lowest BCUT2D eigenvalue weighted by Crippen LogP contribution is -2.48. The molecule has 0 aromatic carbocycles. The average Bonchev–Trinajstić information content (AvgIpc) is 2.54. The van der Waals surface area contributed by atoms with Gasteiger partial charge in [-0.1, -0.05) is 0 Å². The van der Waals surface area contributed by atoms with Crippen molar-refractivity contribution in [1.82, 2.24) is 4.37 Å². The molecule has 72 valence electrons. The summed E-state index contributed by atoms with van der Waals surface area (Å²) in [6.45, 7) is 0. The zero-order valence-electron chi connectivity index (χ0n) is 7.69. The molecule has 1 aromatic rings. The number of methoxy groups -OCH3 is 1. The monoisotopic (exact) mass is 198 g/mol. The van der Waals surface area contributed by atoms with Crippen LogP contribution >= 0.6 is 11.5 Å². The Balaban J connectivity index is 2.16. The number of ether oxygens (including phenoxy) is 1. The van der Waals surface area contributed by atoms with Gasteiger partial charge in [-0.3, -0.25) is 0 Å². The zero-order valence-corrected chi connectivity index (χ0v) is 8.51. The first-order valence-electron chi connectivity index (χ1n) is 4.50. The van der Waals surface area contributed by atoms with E-state index in [1.807, 2.05) is 6.07 Å². The highest BCUT2D eigenvalue weighted by Gasteiger charge is 2.43. The fourth-order valence-corrected chi connectivity index (χ4v) is 2.51. The van der Waals surface area contributed by atoms with Crippen LogP contribution in [0.2, 0.25) is 0 Å². The molecule has 1 atom stereocenters. The van der Waals surface area contributed by atoms with Gasteiger partial charge in [0.25, 0.3) is 0 Å². The van der Waals surface area contributed by atoms with Gasteiger partial charge in [-0.15, -0.1) is 0 Å². The highest BCUT2D eigenvalue weighted by atomic mass is 32.1. The Morgan fingerprint density at radius 1 is 1.69 bits per heavy atom. The summed E-state index contributed by atoms with van der Waals surface area (Å²) in [6.07, 6.45) is 5.16. The van der Waals surface area contributed by atoms with Gasteiger partial charge in [0.15, 0.2) is 0 Å². The van der Waals surface area contributed by atoms with Crippen molar-refractivity contribution in [2.45, 2.75) is 30.9 Å². The van der Waals surface area contributed by atoms with Gasteiger partial charge < -0.3 is 10.5 Å². The summed E-state index contributed by atoms with van der Waals surface area (Å²) in [5.74, 6) is 0. The molecule has 0 bridgehead atoms. The highest BCUT2D eigenvalue weighted by Crippen LogP contribution is 2.44. The van der Waals surface area contributed by atoms with Crippen LogP contribution in [0.1, 0.15) is 30.2 Å². The van der Waals surface area contributed by atoms with Gasteiger partial charge in [-0.25, -0.2) is 4.37 Å². The van der Waals surface area contributed by atoms with Crippen LogP contribution in [0.4, 0.5) is 0 Å². The van der Waals surface area contributed by atoms with E-state index in [-0.39, 0.29) is 11.6 Å². The Morgan fingerprint density at radius 2 is 2.46 bits per heavy atom. The van der Waals surface area contributed by atoms with Gasteiger partial charge in [0.1, 0.15) is 0 Å². The number of hydrogen-bond donors (Lipinski definition) is 1. The molecule has 1 heterocycles. The van der Waals surface area contributed by atoms with Gasteiger partial charge in [-0.2, -0.15) is 0 Å². The molecular formula is C9H14N2OS. The molecule has 0 radical (unpaired) electrons. The molecule has 1 saturated carbocycles. The summed E-state index contributed by atoms with van der Waals surface area (Å²) in [4.78, 5) is 1.13. The van der Waals surface area contributed by atoms with Crippen molar-refractivity contribution in [3.05, 3.63) is 17.1 Å². The summed E-state index contributed by atoms with van der Waals surface area (Å²) in [6, 6.07) is 1.98. The predicted molar refractivity (Wildman–Crippen MR) is 52.6 cm³/mol. The van der Waals surface area contributed by atoms with E-state index in [2.05, 4.69) is 4.37 Å². The summed E-state index contributed by atoms with van der Waals surface area (Å²) in [5, 5.41) is 0. The SMILES string of the molecule is COC1(C(N)c2ccns2)CCC1. The van der Waals surface area contributed by atoms with Crippen LogP contribution in [-0.2, 0) is 4.74 Å². The minimum Gasteiger partial charge on any atom is -0.376 e. The van der Waals surface area contributed by atoms with E-state index >= 15 is 0 Å². The molecule has 1 aliphatic carbocycles. The maximum absolute atomic E-state index is 6.14. The number of aromatic nitrogens is 1. The largest absolute Gasteiger partial charge is 0.376 e. The molecule has 0 saturated heterocycles. The van der Waals surface area contributed by atoms with Crippen molar-refractivity contribution in [3.63, 3.8) is 0 Å². The fourth-order valence-electron chi connectivity index (χ4n) is 1.81. The topological polar surface area (TPSA) is 48.1 Å². The fraction of sp³-hybridized carbons (Fsp3) is 0.667. The first-order valence-corrected chi connectivity index (χ1v) is 5.27. The Bertz CT molecular complexity index is 264. The van der Waals surface area contributed by atoms with E-state index in [4.69, 9.17) is 10.5 Å². The summed E-state index contributed by atoms with van der Waals surface area (Å²) in [5.41, 5.74) is 6.03. The summed E-state index contributed by atoms with van der Waals surface area (Å²) >= 11 is 1.47. The van der Waals surface area contributed by atoms with Crippen molar-refractivity contribution in [1.29, 1.82) is 0 Å². The Kier molecular flexibility index (Phi) is 2.36. The lowest BCUT2D eigenvalue weighted by atomic mass is 9.74. The molecule has 0 amide bonds. The number of rotatable bonds is 3. The molecule has 4 heteroatoms. The number of nitrogens with zero attached hydrogens (tertiary/aromatic N) is 1. The lowest BCUT2D eigenvalue weighted by Gasteiger charge is -2.44. The van der Waals surface area contributed by atoms with Crippen LogP contribution < -0.4 is 5.73 Å². The van der Waals surface area contributed by atoms with Gasteiger partial charge in [0.2, 0.25) is 0 Å². The first kappa shape index (κ1) is 9.12. The third-order valence-corrected chi connectivity index (χ3v) is 3.77. The quantitative estimate of drug-likeness (QED) is 0.804. The van der Waals surface area contributed by atoms with E-state index in [1.54, 1.807) is 13.3 Å². The normalized spacial score (nSPS) is 22.3. The van der Waals surface area contributed by atoms with E-state index in [1.165, 1.54) is 18.0 Å². The van der Waals surface area contributed by atoms with E-state index < -0.39 is 0 Å². The van der Waals surface area contributed by atoms with Crippen molar-refractivity contribution in [3.8, 4) is 0 Å². The standard InChI is InChI=1S/C9H14N2OS/c1-12-9(4-2-5-9)8(10)7-3-6-11-13-7/h3,6,8H,2,4-5,10H2,1H3. The molecular weight excluding hydrogens is 184 g/mol. The van der Waals surface area contributed by atoms with Crippen LogP contribution in [0.5, 0.6) is 0 Å². The minimum absolute atomic E-state index is 0.00116. The maximum atomic E-state index is 6.14. The van der Waals surface area contributed by atoms with E-state index in [0.717, 1.165) is 17.7 Å². The van der Waals surface area contributed by atoms with Crippen molar-refractivity contribution < 1.29 is 4.74 Å². The second-order valence-electron chi connectivity index (χ2n) is 3.51. The molecule has 1 unspecified atom stereocenters. The predicted octanol–water partition coefficient (Wildman–Crippen LogP) is 1.71. The molecule has 0 aliphatic heterocycles. The minimum atomic E-state index is -0.105. The van der Waals surface area contributed by atoms with Crippen molar-refractivity contribution in [2.75, 3.05) is 7.11 Å². The molecule has 1 aromatic heterocycles. The van der Waals surface area contributed by atoms with Crippen molar-refractivity contribution in [2.24, 2.45) is 5.73 Å². The van der Waals surface area contributed by atoms with Crippen LogP contribution in [-0.4, -0.2) is 17.1 Å². The molecule has 3 nitrogen and oxygen atoms in total. The first-order chi connectivity index (χ1) is 6.28. The van der Waals surface area contributed by atoms with Crippen molar-refractivity contribution >= 4 is 11.5 Å². The average molecular weight is 198 g/mol. The molecule has 2 N–H and O–H groups in total. The zero-order chi connectivity index (χ0) is 9.31. The summed E-state index contributed by atoms with van der Waals surface area (Å²) < 4.78 is 9.57. The van der Waals surface area contributed by atoms with Crippen LogP contribution in [0.25, 0.3) is 0 Å². The van der Waals surface area contributed by atoms with E-state index in [9.17, 15) is 0 Å². The van der Waals surface area contributed by atoms with Crippen LogP contribution in [0.3, 0.4) is 0 Å². The second-order valence-corrected chi connectivity index (χ2v) is 4.38. The van der Waals surface area contributed by atoms with Gasteiger partial charge in [0, 0.05) is 18.2 Å². The molecule has 0 spiro atoms. The number of nitrogens with two attached hydrogens (primary N) is 1. The van der Waals surface area contributed by atoms with E-state index in [0.29, 0.717) is 0 Å². The molecule has 1 fully saturated rings. The van der Waals surface area contributed by atoms with Gasteiger partial charge >= 0.3 is 0 Å². The molecule has 2 rings (SSSR count). The van der Waals surface area contributed by atoms with Crippen LogP contribution in [0, 0.1) is 0 Å². The molecule has 13 heavy (non-hydrogen) atoms. The number of hydrogen-bond acceptors (Lipinski definition) is 4. The third-order valence-electron chi connectivity index (χ3n) is 2.94. The molecule has 1 aliphatic rings. The second kappa shape index (κ2) is 3.36. The smallest absolute Gasteiger partial charge is 0.0879 e. The summed E-state index contributed by atoms with van der Waals surface area (Å²) in [7, 11) is 1.75. The lowest BCUT2D eigenvalue weighted by molar-refractivity contribution is -0.0904. The van der Waals surface area contributed by atoms with Crippen LogP contribution in [0.15, 0.2) is 12.3 Å². The highest BCUT2D eigenvalue weighted by molar-refractivity contribution is 7.05. The Hall–Kier alpha value is -0.450. The maximum Gasteiger partial charge on any atom is 0.0879 e. The Morgan fingerprint density at radius 3 is 2.85 bits per heavy atom.